The van der Waals surface area contributed by atoms with E-state index in [0.717, 1.165) is 0 Å². The quantitative estimate of drug-likeness (QED) is 0.207. The van der Waals surface area contributed by atoms with E-state index in [4.69, 9.17) is 16.3 Å². The Morgan fingerprint density at radius 3 is 2.33 bits per heavy atom. The van der Waals surface area contributed by atoms with Gasteiger partial charge in [0.05, 0.1) is 11.1 Å². The lowest BCUT2D eigenvalue weighted by Gasteiger charge is -2.15. The van der Waals surface area contributed by atoms with Crippen LogP contribution in [0.25, 0.3) is 10.9 Å². The molecule has 0 aliphatic heterocycles. The molecule has 39 heavy (non-hydrogen) atoms. The molecule has 0 aliphatic rings. The highest BCUT2D eigenvalue weighted by atomic mass is 35.5. The van der Waals surface area contributed by atoms with Crippen molar-refractivity contribution in [2.45, 2.75) is 45.7 Å². The van der Waals surface area contributed by atoms with Crippen LogP contribution < -0.4 is 9.47 Å². The number of ketones is 1. The minimum absolute atomic E-state index is 0.185. The van der Waals surface area contributed by atoms with Crippen molar-refractivity contribution in [3.05, 3.63) is 94.1 Å². The Kier molecular flexibility index (Phi) is 8.20. The van der Waals surface area contributed by atoms with Crippen LogP contribution in [0.3, 0.4) is 0 Å². The Hall–Kier alpha value is -3.98. The van der Waals surface area contributed by atoms with E-state index in [-0.39, 0.29) is 18.7 Å². The number of alkyl halides is 3. The van der Waals surface area contributed by atoms with E-state index in [1.807, 2.05) is 6.92 Å². The molecule has 3 aromatic carbocycles. The monoisotopic (exact) mass is 559 g/mol. The van der Waals surface area contributed by atoms with Crippen LogP contribution in [0.5, 0.6) is 11.5 Å². The molecule has 4 rings (SSSR count). The van der Waals surface area contributed by atoms with Crippen molar-refractivity contribution in [2.24, 2.45) is 0 Å². The fraction of sp³-hybridized carbons (Fsp3) is 0.241. The molecular formula is C29H25ClF3NO5. The van der Waals surface area contributed by atoms with Gasteiger partial charge in [0.15, 0.2) is 11.9 Å². The normalized spacial score (nSPS) is 12.4. The zero-order valence-electron chi connectivity index (χ0n) is 21.1. The standard InChI is InChI=1S/C29H25ClF3NO5/c1-3-23-26(27(35)18-8-10-19(30)11-9-18)22-13-12-21(39-29(31,32)33)15-24(22)34(23)16-17-6-5-7-20(14-17)38-25(4-2)28(36)37/h5-15,25H,3-4,16H2,1-2H3,(H,36,37)/t25-/m1/s1. The van der Waals surface area contributed by atoms with Crippen LogP contribution in [-0.2, 0) is 17.8 Å². The minimum atomic E-state index is -4.88. The number of carboxylic acid groups (broad SMARTS) is 1. The van der Waals surface area contributed by atoms with E-state index in [1.165, 1.54) is 18.2 Å². The van der Waals surface area contributed by atoms with Crippen molar-refractivity contribution in [1.29, 1.82) is 0 Å². The number of aliphatic carboxylic acids is 1. The molecule has 204 valence electrons. The molecule has 1 N–H and O–H groups in total. The van der Waals surface area contributed by atoms with Gasteiger partial charge in [-0.15, -0.1) is 13.2 Å². The lowest BCUT2D eigenvalue weighted by Crippen LogP contribution is -2.25. The summed E-state index contributed by atoms with van der Waals surface area (Å²) in [6.07, 6.45) is -5.23. The van der Waals surface area contributed by atoms with E-state index in [1.54, 1.807) is 60.0 Å². The predicted molar refractivity (Wildman–Crippen MR) is 141 cm³/mol. The number of carboxylic acids is 1. The van der Waals surface area contributed by atoms with Gasteiger partial charge >= 0.3 is 12.3 Å². The van der Waals surface area contributed by atoms with Crippen LogP contribution in [0.15, 0.2) is 66.7 Å². The highest BCUT2D eigenvalue weighted by molar-refractivity contribution is 6.30. The summed E-state index contributed by atoms with van der Waals surface area (Å²) in [6, 6.07) is 17.1. The third-order valence-corrected chi connectivity index (χ3v) is 6.46. The molecule has 0 radical (unpaired) electrons. The average Bonchev–Trinajstić information content (AvgIpc) is 3.18. The summed E-state index contributed by atoms with van der Waals surface area (Å²) in [7, 11) is 0. The molecule has 10 heteroatoms. The maximum atomic E-state index is 13.7. The molecule has 0 fully saturated rings. The lowest BCUT2D eigenvalue weighted by molar-refractivity contribution is -0.274. The predicted octanol–water partition coefficient (Wildman–Crippen LogP) is 7.28. The molecule has 0 bridgehead atoms. The highest BCUT2D eigenvalue weighted by Crippen LogP contribution is 2.34. The number of aromatic nitrogens is 1. The topological polar surface area (TPSA) is 77.8 Å². The Morgan fingerprint density at radius 2 is 1.72 bits per heavy atom. The second-order valence-electron chi connectivity index (χ2n) is 8.82. The molecule has 1 aromatic heterocycles. The Balaban J connectivity index is 1.84. The van der Waals surface area contributed by atoms with Gasteiger partial charge in [-0.3, -0.25) is 4.79 Å². The summed E-state index contributed by atoms with van der Waals surface area (Å²) >= 11 is 5.99. The zero-order chi connectivity index (χ0) is 28.3. The second-order valence-corrected chi connectivity index (χ2v) is 9.26. The van der Waals surface area contributed by atoms with Crippen molar-refractivity contribution < 1.29 is 37.3 Å². The van der Waals surface area contributed by atoms with Crippen LogP contribution in [0.1, 0.15) is 47.4 Å². The van der Waals surface area contributed by atoms with Gasteiger partial charge in [0.1, 0.15) is 11.5 Å². The number of carbonyl (C=O) groups excluding carboxylic acids is 1. The van der Waals surface area contributed by atoms with Crippen molar-refractivity contribution in [1.82, 2.24) is 4.57 Å². The minimum Gasteiger partial charge on any atom is -0.479 e. The summed E-state index contributed by atoms with van der Waals surface area (Å²) in [4.78, 5) is 25.1. The van der Waals surface area contributed by atoms with Gasteiger partial charge < -0.3 is 19.1 Å². The maximum absolute atomic E-state index is 13.7. The number of halogens is 4. The van der Waals surface area contributed by atoms with Crippen LogP contribution >= 0.6 is 11.6 Å². The van der Waals surface area contributed by atoms with Gasteiger partial charge in [-0.05, 0) is 66.9 Å². The first-order valence-corrected chi connectivity index (χ1v) is 12.6. The third-order valence-electron chi connectivity index (χ3n) is 6.21. The molecule has 0 amide bonds. The molecule has 6 nitrogen and oxygen atoms in total. The van der Waals surface area contributed by atoms with Crippen molar-refractivity contribution in [3.63, 3.8) is 0 Å². The van der Waals surface area contributed by atoms with Crippen molar-refractivity contribution >= 4 is 34.3 Å². The first-order valence-electron chi connectivity index (χ1n) is 12.2. The Morgan fingerprint density at radius 1 is 1.00 bits per heavy atom. The van der Waals surface area contributed by atoms with E-state index in [2.05, 4.69) is 4.74 Å². The van der Waals surface area contributed by atoms with Crippen LogP contribution in [0, 0.1) is 0 Å². The molecule has 1 atom stereocenters. The van der Waals surface area contributed by atoms with Gasteiger partial charge in [-0.25, -0.2) is 4.79 Å². The second kappa shape index (κ2) is 11.4. The third kappa shape index (κ3) is 6.37. The molecule has 0 aliphatic carbocycles. The number of hydrogen-bond acceptors (Lipinski definition) is 4. The van der Waals surface area contributed by atoms with Crippen molar-refractivity contribution in [2.75, 3.05) is 0 Å². The highest BCUT2D eigenvalue weighted by Gasteiger charge is 2.32. The molecular weight excluding hydrogens is 535 g/mol. The van der Waals surface area contributed by atoms with E-state index < -0.39 is 24.2 Å². The number of fused-ring (bicyclic) bond motifs is 1. The average molecular weight is 560 g/mol. The van der Waals surface area contributed by atoms with Gasteiger partial charge in [-0.1, -0.05) is 37.6 Å². The summed E-state index contributed by atoms with van der Waals surface area (Å²) in [6.45, 7) is 3.74. The Labute approximate surface area is 227 Å². The Bertz CT molecular complexity index is 1510. The molecule has 0 saturated carbocycles. The lowest BCUT2D eigenvalue weighted by atomic mass is 9.99. The molecule has 0 unspecified atom stereocenters. The zero-order valence-corrected chi connectivity index (χ0v) is 21.8. The summed E-state index contributed by atoms with van der Waals surface area (Å²) in [5.41, 5.74) is 2.47. The number of hydrogen-bond donors (Lipinski definition) is 1. The number of benzene rings is 3. The molecule has 0 saturated heterocycles. The first-order chi connectivity index (χ1) is 18.5. The van der Waals surface area contributed by atoms with Gasteiger partial charge in [0.25, 0.3) is 0 Å². The van der Waals surface area contributed by atoms with E-state index in [9.17, 15) is 27.9 Å². The van der Waals surface area contributed by atoms with Gasteiger partial charge in [0.2, 0.25) is 0 Å². The van der Waals surface area contributed by atoms with Crippen LogP contribution in [-0.4, -0.2) is 33.9 Å². The number of rotatable bonds is 10. The smallest absolute Gasteiger partial charge is 0.479 e. The fourth-order valence-corrected chi connectivity index (χ4v) is 4.62. The summed E-state index contributed by atoms with van der Waals surface area (Å²) in [5.74, 6) is -1.45. The maximum Gasteiger partial charge on any atom is 0.573 e. The fourth-order valence-electron chi connectivity index (χ4n) is 4.50. The summed E-state index contributed by atoms with van der Waals surface area (Å²) < 4.78 is 50.6. The number of nitrogens with zero attached hydrogens (tertiary/aromatic N) is 1. The van der Waals surface area contributed by atoms with Crippen LogP contribution in [0.2, 0.25) is 5.02 Å². The van der Waals surface area contributed by atoms with Crippen LogP contribution in [0.4, 0.5) is 13.2 Å². The molecule has 4 aromatic rings. The first kappa shape index (κ1) is 28.0. The van der Waals surface area contributed by atoms with Gasteiger partial charge in [-0.2, -0.15) is 0 Å². The summed E-state index contributed by atoms with van der Waals surface area (Å²) in [5, 5.41) is 10.3. The number of ether oxygens (including phenoxy) is 2. The van der Waals surface area contributed by atoms with Gasteiger partial charge in [0, 0.05) is 34.3 Å². The SMILES string of the molecule is CCc1c(C(=O)c2ccc(Cl)cc2)c2ccc(OC(F)(F)F)cc2n1Cc1cccc(O[C@H](CC)C(=O)O)c1. The molecule has 0 spiro atoms. The van der Waals surface area contributed by atoms with E-state index >= 15 is 0 Å². The number of carbonyl (C=O) groups is 2. The molecule has 1 heterocycles. The van der Waals surface area contributed by atoms with E-state index in [0.29, 0.717) is 50.5 Å². The van der Waals surface area contributed by atoms with Crippen molar-refractivity contribution in [3.8, 4) is 11.5 Å². The largest absolute Gasteiger partial charge is 0.573 e.